The van der Waals surface area contributed by atoms with Crippen LogP contribution in [0.4, 0.5) is 0 Å². The van der Waals surface area contributed by atoms with Crippen LogP contribution in [0.1, 0.15) is 49.8 Å². The van der Waals surface area contributed by atoms with Crippen molar-refractivity contribution in [2.75, 3.05) is 12.3 Å². The Morgan fingerprint density at radius 2 is 1.35 bits per heavy atom. The maximum atomic E-state index is 13.0. The molecule has 1 saturated heterocycles. The fraction of sp³-hybridized carbons (Fsp3) is 0.321. The Hall–Kier alpha value is -2.44. The Morgan fingerprint density at radius 3 is 1.84 bits per heavy atom. The number of carbonyl (C=O) groups is 1. The third-order valence-electron chi connectivity index (χ3n) is 6.06. The minimum Gasteiger partial charge on any atom is -0.460 e. The summed E-state index contributed by atoms with van der Waals surface area (Å²) in [7, 11) is -0.675. The summed E-state index contributed by atoms with van der Waals surface area (Å²) >= 11 is 0. The van der Waals surface area contributed by atoms with Gasteiger partial charge in [0.05, 0.1) is 6.16 Å². The lowest BCUT2D eigenvalue weighted by Gasteiger charge is -2.42. The van der Waals surface area contributed by atoms with Gasteiger partial charge in [-0.2, -0.15) is 0 Å². The summed E-state index contributed by atoms with van der Waals surface area (Å²) in [5, 5.41) is -0.212. The second kappa shape index (κ2) is 8.97. The van der Waals surface area contributed by atoms with Crippen LogP contribution in [0.2, 0.25) is 0 Å². The van der Waals surface area contributed by atoms with Gasteiger partial charge in [-0.3, -0.25) is 4.79 Å². The van der Waals surface area contributed by atoms with Gasteiger partial charge < -0.3 is 4.74 Å². The molecule has 0 aliphatic carbocycles. The molecule has 1 fully saturated rings. The van der Waals surface area contributed by atoms with Crippen LogP contribution in [0, 0.1) is 0 Å². The molecule has 1 aliphatic heterocycles. The highest BCUT2D eigenvalue weighted by atomic mass is 31.1. The number of hydrogen-bond acceptors (Lipinski definition) is 2. The second-order valence-corrected chi connectivity index (χ2v) is 11.8. The summed E-state index contributed by atoms with van der Waals surface area (Å²) in [6.07, 6.45) is 2.61. The van der Waals surface area contributed by atoms with E-state index in [1.54, 1.807) is 0 Å². The maximum absolute atomic E-state index is 13.0. The van der Waals surface area contributed by atoms with Crippen LogP contribution >= 0.6 is 7.92 Å². The summed E-state index contributed by atoms with van der Waals surface area (Å²) < 4.78 is 5.78. The van der Waals surface area contributed by atoms with E-state index >= 15 is 0 Å². The summed E-state index contributed by atoms with van der Waals surface area (Å²) in [4.78, 5) is 13.0. The monoisotopic (exact) mass is 430 g/mol. The van der Waals surface area contributed by atoms with Crippen molar-refractivity contribution in [3.8, 4) is 0 Å². The number of hydrogen-bond donors (Lipinski definition) is 0. The molecule has 0 spiro atoms. The Kier molecular flexibility index (Phi) is 6.30. The quantitative estimate of drug-likeness (QED) is 0.324. The highest BCUT2D eigenvalue weighted by molar-refractivity contribution is 7.60. The number of benzene rings is 3. The van der Waals surface area contributed by atoms with E-state index in [0.717, 1.165) is 12.6 Å². The number of esters is 1. The fourth-order valence-electron chi connectivity index (χ4n) is 5.04. The summed E-state index contributed by atoms with van der Waals surface area (Å²) in [6, 6.07) is 32.5. The Morgan fingerprint density at radius 1 is 0.871 bits per heavy atom. The van der Waals surface area contributed by atoms with E-state index in [-0.39, 0.29) is 11.1 Å². The standard InChI is InChI=1S/C28H31O2P/c1-27(2,3)30-26(29)21-31-20-19-25(22-13-7-4-8-14-22)28(31,23-15-9-5-10-16-23)24-17-11-6-12-18-24/h4-18,25H,19-21H2,1-3H3. The first-order valence-electron chi connectivity index (χ1n) is 11.0. The van der Waals surface area contributed by atoms with Gasteiger partial charge in [0.15, 0.2) is 0 Å². The third-order valence-corrected chi connectivity index (χ3v) is 9.32. The average Bonchev–Trinajstić information content (AvgIpc) is 3.14. The molecule has 0 N–H and O–H groups in total. The molecule has 3 aromatic carbocycles. The minimum absolute atomic E-state index is 0.0800. The Labute approximate surface area is 187 Å². The zero-order chi connectivity index (χ0) is 21.9. The molecule has 3 heteroatoms. The molecule has 3 aromatic rings. The van der Waals surface area contributed by atoms with E-state index in [1.165, 1.54) is 16.7 Å². The van der Waals surface area contributed by atoms with Gasteiger partial charge in [0.2, 0.25) is 0 Å². The molecule has 0 saturated carbocycles. The minimum atomic E-state index is -0.675. The second-order valence-electron chi connectivity index (χ2n) is 9.26. The first kappa shape index (κ1) is 21.8. The van der Waals surface area contributed by atoms with Crippen molar-refractivity contribution in [1.29, 1.82) is 0 Å². The number of ether oxygens (including phenoxy) is 1. The SMILES string of the molecule is CC(C)(C)OC(=O)CP1CCC(c2ccccc2)C1(c1ccccc1)c1ccccc1. The van der Waals surface area contributed by atoms with Crippen molar-refractivity contribution in [2.45, 2.75) is 43.9 Å². The van der Waals surface area contributed by atoms with Crippen LogP contribution in [0.25, 0.3) is 0 Å². The highest BCUT2D eigenvalue weighted by Gasteiger charge is 2.53. The van der Waals surface area contributed by atoms with Crippen LogP contribution in [-0.4, -0.2) is 23.9 Å². The molecule has 160 valence electrons. The van der Waals surface area contributed by atoms with Gasteiger partial charge in [-0.25, -0.2) is 0 Å². The number of carbonyl (C=O) groups excluding carboxylic acids is 1. The predicted octanol–water partition coefficient (Wildman–Crippen LogP) is 6.94. The van der Waals surface area contributed by atoms with E-state index < -0.39 is 13.5 Å². The Bertz CT molecular complexity index is 954. The van der Waals surface area contributed by atoms with E-state index in [1.807, 2.05) is 20.8 Å². The van der Waals surface area contributed by atoms with Gasteiger partial charge in [0.1, 0.15) is 5.60 Å². The van der Waals surface area contributed by atoms with Gasteiger partial charge in [-0.1, -0.05) is 98.9 Å². The molecular formula is C28H31O2P. The summed E-state index contributed by atoms with van der Waals surface area (Å²) in [6.45, 7) is 5.84. The van der Waals surface area contributed by atoms with Crippen molar-refractivity contribution >= 4 is 13.9 Å². The summed E-state index contributed by atoms with van der Waals surface area (Å²) in [5.41, 5.74) is 3.50. The lowest BCUT2D eigenvalue weighted by atomic mass is 9.75. The summed E-state index contributed by atoms with van der Waals surface area (Å²) in [5.74, 6) is 0.246. The lowest BCUT2D eigenvalue weighted by Crippen LogP contribution is -2.32. The topological polar surface area (TPSA) is 26.3 Å². The van der Waals surface area contributed by atoms with Crippen LogP contribution in [0.5, 0.6) is 0 Å². The van der Waals surface area contributed by atoms with Gasteiger partial charge >= 0.3 is 5.97 Å². The van der Waals surface area contributed by atoms with E-state index in [0.29, 0.717) is 12.1 Å². The Balaban J connectivity index is 1.87. The zero-order valence-electron chi connectivity index (χ0n) is 18.6. The molecule has 2 atom stereocenters. The van der Waals surface area contributed by atoms with Crippen molar-refractivity contribution in [3.05, 3.63) is 108 Å². The molecule has 0 bridgehead atoms. The normalized spacial score (nSPS) is 20.4. The van der Waals surface area contributed by atoms with E-state index in [4.69, 9.17) is 4.74 Å². The van der Waals surface area contributed by atoms with Gasteiger partial charge in [-0.15, -0.1) is 0 Å². The van der Waals surface area contributed by atoms with Crippen LogP contribution in [0.15, 0.2) is 91.0 Å². The van der Waals surface area contributed by atoms with Crippen molar-refractivity contribution in [1.82, 2.24) is 0 Å². The molecule has 2 nitrogen and oxygen atoms in total. The lowest BCUT2D eigenvalue weighted by molar-refractivity contribution is -0.151. The predicted molar refractivity (Wildman–Crippen MR) is 130 cm³/mol. The van der Waals surface area contributed by atoms with Gasteiger partial charge in [-0.05, 0) is 50.0 Å². The van der Waals surface area contributed by atoms with E-state index in [2.05, 4.69) is 91.0 Å². The van der Waals surface area contributed by atoms with Crippen molar-refractivity contribution < 1.29 is 9.53 Å². The van der Waals surface area contributed by atoms with Crippen molar-refractivity contribution in [3.63, 3.8) is 0 Å². The third kappa shape index (κ3) is 4.46. The van der Waals surface area contributed by atoms with Crippen LogP contribution in [0.3, 0.4) is 0 Å². The smallest absolute Gasteiger partial charge is 0.310 e. The first-order valence-corrected chi connectivity index (χ1v) is 12.8. The fourth-order valence-corrected chi connectivity index (χ4v) is 8.49. The molecule has 31 heavy (non-hydrogen) atoms. The molecular weight excluding hydrogens is 399 g/mol. The van der Waals surface area contributed by atoms with Crippen molar-refractivity contribution in [2.24, 2.45) is 0 Å². The molecule has 2 unspecified atom stereocenters. The van der Waals surface area contributed by atoms with Crippen LogP contribution in [-0.2, 0) is 14.7 Å². The average molecular weight is 431 g/mol. The van der Waals surface area contributed by atoms with Gasteiger partial charge in [0.25, 0.3) is 0 Å². The molecule has 4 rings (SSSR count). The molecule has 1 heterocycles. The van der Waals surface area contributed by atoms with Crippen LogP contribution < -0.4 is 0 Å². The molecule has 0 amide bonds. The maximum Gasteiger partial charge on any atom is 0.310 e. The highest BCUT2D eigenvalue weighted by Crippen LogP contribution is 2.71. The first-order chi connectivity index (χ1) is 14.9. The zero-order valence-corrected chi connectivity index (χ0v) is 19.5. The molecule has 0 aromatic heterocycles. The largest absolute Gasteiger partial charge is 0.460 e. The number of rotatable bonds is 5. The molecule has 1 aliphatic rings. The van der Waals surface area contributed by atoms with E-state index in [9.17, 15) is 4.79 Å². The van der Waals surface area contributed by atoms with Gasteiger partial charge in [0, 0.05) is 11.1 Å². The molecule has 0 radical (unpaired) electrons.